The van der Waals surface area contributed by atoms with E-state index in [0.29, 0.717) is 11.2 Å². The Morgan fingerprint density at radius 2 is 2.20 bits per heavy atom. The SMILES string of the molecule is CNC(CSC(C)C)(C(=O)OC)C1CC1. The fraction of sp³-hybridized carbons (Fsp3) is 0.909. The van der Waals surface area contributed by atoms with E-state index in [1.807, 2.05) is 18.8 Å². The van der Waals surface area contributed by atoms with E-state index in [-0.39, 0.29) is 5.97 Å². The van der Waals surface area contributed by atoms with Crippen molar-refractivity contribution < 1.29 is 9.53 Å². The third-order valence-electron chi connectivity index (χ3n) is 2.91. The number of likely N-dealkylation sites (N-methyl/N-ethyl adjacent to an activating group) is 1. The average molecular weight is 231 g/mol. The van der Waals surface area contributed by atoms with Gasteiger partial charge in [-0.3, -0.25) is 4.79 Å². The van der Waals surface area contributed by atoms with Gasteiger partial charge >= 0.3 is 5.97 Å². The van der Waals surface area contributed by atoms with Crippen LogP contribution in [0.15, 0.2) is 0 Å². The second-order valence-electron chi connectivity index (χ2n) is 4.35. The van der Waals surface area contributed by atoms with Crippen molar-refractivity contribution in [2.75, 3.05) is 19.9 Å². The summed E-state index contributed by atoms with van der Waals surface area (Å²) in [6.07, 6.45) is 2.27. The predicted molar refractivity (Wildman–Crippen MR) is 64.1 cm³/mol. The largest absolute Gasteiger partial charge is 0.468 e. The van der Waals surface area contributed by atoms with Crippen molar-refractivity contribution in [1.82, 2.24) is 5.32 Å². The molecule has 1 saturated carbocycles. The van der Waals surface area contributed by atoms with Crippen LogP contribution >= 0.6 is 11.8 Å². The van der Waals surface area contributed by atoms with Gasteiger partial charge in [0.05, 0.1) is 7.11 Å². The normalized spacial score (nSPS) is 20.1. The summed E-state index contributed by atoms with van der Waals surface area (Å²) in [7, 11) is 3.33. The molecule has 1 rings (SSSR count). The van der Waals surface area contributed by atoms with Crippen molar-refractivity contribution in [3.63, 3.8) is 0 Å². The zero-order valence-electron chi connectivity index (χ0n) is 10.0. The van der Waals surface area contributed by atoms with E-state index in [0.717, 1.165) is 18.6 Å². The first-order valence-electron chi connectivity index (χ1n) is 5.45. The average Bonchev–Trinajstić information content (AvgIpc) is 3.03. The molecule has 0 bridgehead atoms. The van der Waals surface area contributed by atoms with Crippen LogP contribution in [-0.4, -0.2) is 36.7 Å². The lowest BCUT2D eigenvalue weighted by Gasteiger charge is -2.31. The fourth-order valence-electron chi connectivity index (χ4n) is 1.78. The topological polar surface area (TPSA) is 38.3 Å². The van der Waals surface area contributed by atoms with Gasteiger partial charge in [-0.1, -0.05) is 13.8 Å². The highest BCUT2D eigenvalue weighted by Crippen LogP contribution is 2.42. The van der Waals surface area contributed by atoms with E-state index in [4.69, 9.17) is 4.74 Å². The van der Waals surface area contributed by atoms with Crippen LogP contribution in [0.2, 0.25) is 0 Å². The molecule has 15 heavy (non-hydrogen) atoms. The van der Waals surface area contributed by atoms with Crippen LogP contribution in [0, 0.1) is 5.92 Å². The Labute approximate surface area is 96.3 Å². The Morgan fingerprint density at radius 1 is 1.60 bits per heavy atom. The molecule has 4 heteroatoms. The first-order chi connectivity index (χ1) is 7.06. The maximum absolute atomic E-state index is 11.9. The van der Waals surface area contributed by atoms with Crippen molar-refractivity contribution in [3.8, 4) is 0 Å². The minimum absolute atomic E-state index is 0.111. The second kappa shape index (κ2) is 5.21. The maximum Gasteiger partial charge on any atom is 0.327 e. The summed E-state index contributed by atoms with van der Waals surface area (Å²) in [5, 5.41) is 3.73. The number of thioether (sulfide) groups is 1. The highest BCUT2D eigenvalue weighted by atomic mass is 32.2. The Kier molecular flexibility index (Phi) is 4.46. The number of esters is 1. The van der Waals surface area contributed by atoms with Crippen molar-refractivity contribution >= 4 is 17.7 Å². The van der Waals surface area contributed by atoms with E-state index in [2.05, 4.69) is 19.2 Å². The van der Waals surface area contributed by atoms with Gasteiger partial charge in [-0.15, -0.1) is 0 Å². The first-order valence-corrected chi connectivity index (χ1v) is 6.50. The van der Waals surface area contributed by atoms with Gasteiger partial charge < -0.3 is 10.1 Å². The van der Waals surface area contributed by atoms with Crippen LogP contribution in [0.3, 0.4) is 0 Å². The zero-order chi connectivity index (χ0) is 11.5. The van der Waals surface area contributed by atoms with E-state index < -0.39 is 5.54 Å². The molecule has 0 radical (unpaired) electrons. The summed E-state index contributed by atoms with van der Waals surface area (Å²) in [5.41, 5.74) is -0.455. The van der Waals surface area contributed by atoms with Gasteiger partial charge in [-0.05, 0) is 31.1 Å². The number of carbonyl (C=O) groups is 1. The monoisotopic (exact) mass is 231 g/mol. The fourth-order valence-corrected chi connectivity index (χ4v) is 2.87. The summed E-state index contributed by atoms with van der Waals surface area (Å²) < 4.78 is 4.93. The van der Waals surface area contributed by atoms with Gasteiger partial charge in [0, 0.05) is 5.75 Å². The summed E-state index contributed by atoms with van der Waals surface area (Å²) in [6.45, 7) is 4.30. The molecule has 1 N–H and O–H groups in total. The minimum Gasteiger partial charge on any atom is -0.468 e. The summed E-state index contributed by atoms with van der Waals surface area (Å²) in [4.78, 5) is 11.9. The molecule has 0 aromatic carbocycles. The zero-order valence-corrected chi connectivity index (χ0v) is 10.8. The minimum atomic E-state index is -0.455. The van der Waals surface area contributed by atoms with Crippen LogP contribution in [0.1, 0.15) is 26.7 Å². The van der Waals surface area contributed by atoms with E-state index in [1.165, 1.54) is 7.11 Å². The predicted octanol–water partition coefficient (Wildman–Crippen LogP) is 1.67. The van der Waals surface area contributed by atoms with Gasteiger partial charge in [-0.2, -0.15) is 11.8 Å². The lowest BCUT2D eigenvalue weighted by Crippen LogP contribution is -2.55. The molecule has 0 heterocycles. The van der Waals surface area contributed by atoms with Crippen LogP contribution in [-0.2, 0) is 9.53 Å². The van der Waals surface area contributed by atoms with Gasteiger partial charge in [0.2, 0.25) is 0 Å². The molecule has 0 aliphatic heterocycles. The van der Waals surface area contributed by atoms with Gasteiger partial charge in [0.1, 0.15) is 5.54 Å². The van der Waals surface area contributed by atoms with Crippen LogP contribution < -0.4 is 5.32 Å². The third kappa shape index (κ3) is 2.88. The molecule has 3 nitrogen and oxygen atoms in total. The summed E-state index contributed by atoms with van der Waals surface area (Å²) in [6, 6.07) is 0. The number of hydrogen-bond acceptors (Lipinski definition) is 4. The van der Waals surface area contributed by atoms with Crippen molar-refractivity contribution in [1.29, 1.82) is 0 Å². The molecule has 0 aromatic rings. The molecule has 0 saturated heterocycles. The van der Waals surface area contributed by atoms with Gasteiger partial charge in [-0.25, -0.2) is 0 Å². The summed E-state index contributed by atoms with van der Waals surface area (Å²) in [5.74, 6) is 1.15. The maximum atomic E-state index is 11.9. The summed E-state index contributed by atoms with van der Waals surface area (Å²) >= 11 is 1.81. The lowest BCUT2D eigenvalue weighted by molar-refractivity contribution is -0.148. The number of rotatable bonds is 6. The molecular weight excluding hydrogens is 210 g/mol. The molecule has 1 unspecified atom stereocenters. The number of carbonyl (C=O) groups excluding carboxylic acids is 1. The van der Waals surface area contributed by atoms with E-state index in [1.54, 1.807) is 0 Å². The van der Waals surface area contributed by atoms with E-state index in [9.17, 15) is 4.79 Å². The molecule has 0 amide bonds. The lowest BCUT2D eigenvalue weighted by atomic mass is 9.96. The van der Waals surface area contributed by atoms with Gasteiger partial charge in [0.15, 0.2) is 0 Å². The van der Waals surface area contributed by atoms with Gasteiger partial charge in [0.25, 0.3) is 0 Å². The molecule has 0 spiro atoms. The van der Waals surface area contributed by atoms with Crippen molar-refractivity contribution in [2.24, 2.45) is 5.92 Å². The molecule has 1 atom stereocenters. The number of hydrogen-bond donors (Lipinski definition) is 1. The smallest absolute Gasteiger partial charge is 0.327 e. The second-order valence-corrected chi connectivity index (χ2v) is 5.91. The molecule has 1 aliphatic carbocycles. The number of methoxy groups -OCH3 is 1. The highest BCUT2D eigenvalue weighted by Gasteiger charge is 2.50. The molecular formula is C11H21NO2S. The Bertz CT molecular complexity index is 229. The molecule has 1 aliphatic rings. The van der Waals surface area contributed by atoms with Crippen molar-refractivity contribution in [2.45, 2.75) is 37.5 Å². The highest BCUT2D eigenvalue weighted by molar-refractivity contribution is 7.99. The number of nitrogens with one attached hydrogen (secondary N) is 1. The Morgan fingerprint density at radius 3 is 2.53 bits per heavy atom. The van der Waals surface area contributed by atoms with E-state index >= 15 is 0 Å². The molecule has 88 valence electrons. The van der Waals surface area contributed by atoms with Crippen molar-refractivity contribution in [3.05, 3.63) is 0 Å². The quantitative estimate of drug-likeness (QED) is 0.706. The molecule has 1 fully saturated rings. The Balaban J connectivity index is 2.69. The van der Waals surface area contributed by atoms with Crippen LogP contribution in [0.25, 0.3) is 0 Å². The molecule has 0 aromatic heterocycles. The number of ether oxygens (including phenoxy) is 1. The van der Waals surface area contributed by atoms with Crippen LogP contribution in [0.5, 0.6) is 0 Å². The van der Waals surface area contributed by atoms with Crippen LogP contribution in [0.4, 0.5) is 0 Å². The Hall–Kier alpha value is -0.220. The standard InChI is InChI=1S/C11H21NO2S/c1-8(2)15-7-11(12-3,9-5-6-9)10(13)14-4/h8-9,12H,5-7H2,1-4H3. The third-order valence-corrected chi connectivity index (χ3v) is 4.20. The first kappa shape index (κ1) is 12.8.